The second-order valence-electron chi connectivity index (χ2n) is 7.37. The second-order valence-corrected chi connectivity index (χ2v) is 7.80. The van der Waals surface area contributed by atoms with Crippen LogP contribution in [-0.2, 0) is 9.59 Å². The van der Waals surface area contributed by atoms with Crippen LogP contribution in [0.25, 0.3) is 5.76 Å². The molecule has 1 heterocycles. The monoisotopic (exact) mass is 432 g/mol. The maximum absolute atomic E-state index is 13.9. The summed E-state index contributed by atoms with van der Waals surface area (Å²) in [6, 6.07) is 8.56. The summed E-state index contributed by atoms with van der Waals surface area (Å²) in [5.41, 5.74) is 0.0605. The highest BCUT2D eigenvalue weighted by atomic mass is 35.5. The van der Waals surface area contributed by atoms with E-state index in [1.54, 1.807) is 6.07 Å². The molecule has 2 aromatic rings. The van der Waals surface area contributed by atoms with Crippen molar-refractivity contribution in [3.05, 3.63) is 70.0 Å². The highest BCUT2D eigenvalue weighted by Crippen LogP contribution is 2.41. The summed E-state index contributed by atoms with van der Waals surface area (Å²) in [7, 11) is 3.78. The number of ketones is 1. The Morgan fingerprint density at radius 1 is 1.20 bits per heavy atom. The highest BCUT2D eigenvalue weighted by molar-refractivity contribution is 6.46. The SMILES string of the molecule is CN(C)CCCN1C(=O)C(=O)C(=C(O)c2cc(Cl)ccc2O)[C@H]1c1cccc(F)c1. The molecule has 158 valence electrons. The van der Waals surface area contributed by atoms with Crippen LogP contribution < -0.4 is 0 Å². The van der Waals surface area contributed by atoms with E-state index in [1.165, 1.54) is 41.3 Å². The van der Waals surface area contributed by atoms with Gasteiger partial charge >= 0.3 is 0 Å². The Balaban J connectivity index is 2.15. The number of hydrogen-bond acceptors (Lipinski definition) is 5. The van der Waals surface area contributed by atoms with E-state index in [2.05, 4.69) is 0 Å². The lowest BCUT2D eigenvalue weighted by Crippen LogP contribution is -2.32. The number of halogens is 2. The van der Waals surface area contributed by atoms with E-state index in [0.717, 1.165) is 0 Å². The van der Waals surface area contributed by atoms with E-state index < -0.39 is 29.3 Å². The van der Waals surface area contributed by atoms with Gasteiger partial charge in [-0.3, -0.25) is 9.59 Å². The lowest BCUT2D eigenvalue weighted by molar-refractivity contribution is -0.139. The molecule has 1 atom stereocenters. The Bertz CT molecular complexity index is 1020. The molecule has 2 aromatic carbocycles. The minimum absolute atomic E-state index is 0.0739. The fourth-order valence-electron chi connectivity index (χ4n) is 3.53. The van der Waals surface area contributed by atoms with E-state index in [-0.39, 0.29) is 28.5 Å². The number of phenols is 1. The van der Waals surface area contributed by atoms with Crippen molar-refractivity contribution < 1.29 is 24.2 Å². The summed E-state index contributed by atoms with van der Waals surface area (Å²) in [5.74, 6) is -3.07. The van der Waals surface area contributed by atoms with Gasteiger partial charge in [-0.05, 0) is 63.0 Å². The number of carbonyl (C=O) groups excluding carboxylic acids is 2. The molecule has 0 saturated carbocycles. The van der Waals surface area contributed by atoms with E-state index in [1.807, 2.05) is 19.0 Å². The largest absolute Gasteiger partial charge is 0.507 e. The molecule has 0 bridgehead atoms. The first-order valence-electron chi connectivity index (χ1n) is 9.38. The van der Waals surface area contributed by atoms with Gasteiger partial charge in [0.2, 0.25) is 0 Å². The molecule has 1 fully saturated rings. The first-order valence-corrected chi connectivity index (χ1v) is 9.76. The molecule has 0 aliphatic carbocycles. The molecule has 1 aliphatic rings. The normalized spacial score (nSPS) is 18.4. The van der Waals surface area contributed by atoms with Gasteiger partial charge in [-0.15, -0.1) is 0 Å². The number of benzene rings is 2. The number of rotatable bonds is 6. The third-order valence-electron chi connectivity index (χ3n) is 4.92. The van der Waals surface area contributed by atoms with Crippen molar-refractivity contribution in [1.82, 2.24) is 9.80 Å². The first-order chi connectivity index (χ1) is 14.2. The maximum Gasteiger partial charge on any atom is 0.295 e. The minimum Gasteiger partial charge on any atom is -0.507 e. The third kappa shape index (κ3) is 4.32. The van der Waals surface area contributed by atoms with Crippen LogP contribution in [0.3, 0.4) is 0 Å². The molecule has 8 heteroatoms. The number of Topliss-reactive ketones (excluding diaryl/α,β-unsaturated/α-hetero) is 1. The van der Waals surface area contributed by atoms with Crippen molar-refractivity contribution >= 4 is 29.1 Å². The fourth-order valence-corrected chi connectivity index (χ4v) is 3.71. The first kappa shape index (κ1) is 21.8. The molecule has 1 saturated heterocycles. The summed E-state index contributed by atoms with van der Waals surface area (Å²) in [5, 5.41) is 21.3. The molecule has 0 aromatic heterocycles. The fraction of sp³-hybridized carbons (Fsp3) is 0.273. The van der Waals surface area contributed by atoms with Crippen molar-refractivity contribution in [3.8, 4) is 5.75 Å². The molecule has 1 amide bonds. The van der Waals surface area contributed by atoms with Gasteiger partial charge in [0.05, 0.1) is 17.2 Å². The molecule has 30 heavy (non-hydrogen) atoms. The van der Waals surface area contributed by atoms with Crippen LogP contribution in [-0.4, -0.2) is 58.9 Å². The van der Waals surface area contributed by atoms with Gasteiger partial charge in [0.1, 0.15) is 17.3 Å². The van der Waals surface area contributed by atoms with Gasteiger partial charge in [0.25, 0.3) is 11.7 Å². The van der Waals surface area contributed by atoms with Crippen LogP contribution in [0.5, 0.6) is 5.75 Å². The van der Waals surface area contributed by atoms with Gasteiger partial charge in [-0.2, -0.15) is 0 Å². The zero-order valence-electron chi connectivity index (χ0n) is 16.6. The Morgan fingerprint density at radius 2 is 1.93 bits per heavy atom. The molecule has 0 spiro atoms. The molecular weight excluding hydrogens is 411 g/mol. The lowest BCUT2D eigenvalue weighted by Gasteiger charge is -2.26. The zero-order valence-corrected chi connectivity index (χ0v) is 17.4. The predicted octanol–water partition coefficient (Wildman–Crippen LogP) is 3.56. The van der Waals surface area contributed by atoms with Gasteiger partial charge in [-0.25, -0.2) is 4.39 Å². The average Bonchev–Trinajstić information content (AvgIpc) is 2.94. The van der Waals surface area contributed by atoms with E-state index in [9.17, 15) is 24.2 Å². The molecule has 3 rings (SSSR count). The number of aliphatic hydroxyl groups excluding tert-OH is 1. The molecule has 1 aliphatic heterocycles. The molecule has 0 radical (unpaired) electrons. The Kier molecular flexibility index (Phi) is 6.43. The Labute approximate surface area is 178 Å². The smallest absolute Gasteiger partial charge is 0.295 e. The summed E-state index contributed by atoms with van der Waals surface area (Å²) in [6.07, 6.45) is 0.578. The van der Waals surface area contributed by atoms with Gasteiger partial charge in [0, 0.05) is 11.6 Å². The van der Waals surface area contributed by atoms with E-state index in [4.69, 9.17) is 11.6 Å². The summed E-state index contributed by atoms with van der Waals surface area (Å²) >= 11 is 5.97. The number of amides is 1. The van der Waals surface area contributed by atoms with Crippen LogP contribution in [0.15, 0.2) is 48.0 Å². The third-order valence-corrected chi connectivity index (χ3v) is 5.16. The van der Waals surface area contributed by atoms with Crippen molar-refractivity contribution in [2.45, 2.75) is 12.5 Å². The van der Waals surface area contributed by atoms with Crippen molar-refractivity contribution in [2.24, 2.45) is 0 Å². The van der Waals surface area contributed by atoms with Crippen LogP contribution in [0.2, 0.25) is 5.02 Å². The lowest BCUT2D eigenvalue weighted by atomic mass is 9.95. The molecular formula is C22H22ClFN2O4. The van der Waals surface area contributed by atoms with Crippen molar-refractivity contribution in [3.63, 3.8) is 0 Å². The number of aromatic hydroxyl groups is 1. The van der Waals surface area contributed by atoms with Gasteiger partial charge in [-0.1, -0.05) is 23.7 Å². The molecule has 0 unspecified atom stereocenters. The number of likely N-dealkylation sites (tertiary alicyclic amines) is 1. The number of hydrogen-bond donors (Lipinski definition) is 2. The van der Waals surface area contributed by atoms with E-state index in [0.29, 0.717) is 18.5 Å². The summed E-state index contributed by atoms with van der Waals surface area (Å²) in [4.78, 5) is 28.9. The van der Waals surface area contributed by atoms with Gasteiger partial charge in [0.15, 0.2) is 0 Å². The highest BCUT2D eigenvalue weighted by Gasteiger charge is 2.46. The number of aliphatic hydroxyl groups is 1. The topological polar surface area (TPSA) is 81.1 Å². The quantitative estimate of drug-likeness (QED) is 0.414. The van der Waals surface area contributed by atoms with Crippen LogP contribution in [0, 0.1) is 5.82 Å². The number of phenolic OH excluding ortho intramolecular Hbond substituents is 1. The minimum atomic E-state index is -0.985. The summed E-state index contributed by atoms with van der Waals surface area (Å²) < 4.78 is 13.9. The number of carbonyl (C=O) groups is 2. The average molecular weight is 433 g/mol. The Morgan fingerprint density at radius 3 is 2.60 bits per heavy atom. The van der Waals surface area contributed by atoms with Crippen LogP contribution >= 0.6 is 11.6 Å². The number of nitrogens with zero attached hydrogens (tertiary/aromatic N) is 2. The second kappa shape index (κ2) is 8.85. The van der Waals surface area contributed by atoms with Crippen molar-refractivity contribution in [2.75, 3.05) is 27.2 Å². The molecule has 6 nitrogen and oxygen atoms in total. The Hall–Kier alpha value is -2.90. The zero-order chi connectivity index (χ0) is 22.0. The van der Waals surface area contributed by atoms with Crippen molar-refractivity contribution in [1.29, 1.82) is 0 Å². The standard InChI is InChI=1S/C22H22ClFN2O4/c1-25(2)9-4-10-26-19(13-5-3-6-15(24)11-13)18(21(29)22(26)30)20(28)16-12-14(23)7-8-17(16)27/h3,5-8,11-12,19,27-28H,4,9-10H2,1-2H3/t19-/m1/s1. The van der Waals surface area contributed by atoms with E-state index >= 15 is 0 Å². The summed E-state index contributed by atoms with van der Waals surface area (Å²) in [6.45, 7) is 0.913. The predicted molar refractivity (Wildman–Crippen MR) is 112 cm³/mol. The van der Waals surface area contributed by atoms with Crippen LogP contribution in [0.4, 0.5) is 4.39 Å². The maximum atomic E-state index is 13.9. The van der Waals surface area contributed by atoms with Crippen LogP contribution in [0.1, 0.15) is 23.6 Å². The molecule has 2 N–H and O–H groups in total. The van der Waals surface area contributed by atoms with Gasteiger partial charge < -0.3 is 20.0 Å².